The molecule has 1 heterocycles. The summed E-state index contributed by atoms with van der Waals surface area (Å²) in [6.45, 7) is 6.26. The Morgan fingerprint density at radius 1 is 1.64 bits per heavy atom. The van der Waals surface area contributed by atoms with Gasteiger partial charge in [-0.2, -0.15) is 5.10 Å². The standard InChI is InChI=1S/C9H15N3OS/c1-9(2,3)14-6-8(13)12-7-4-10-11-5-7/h4-5H,6H2,1-3H3,(H,10,11)(H,12,13). The summed E-state index contributed by atoms with van der Waals surface area (Å²) in [7, 11) is 0. The zero-order valence-electron chi connectivity index (χ0n) is 8.63. The van der Waals surface area contributed by atoms with E-state index in [0.29, 0.717) is 11.4 Å². The molecule has 1 aromatic rings. The van der Waals surface area contributed by atoms with E-state index in [4.69, 9.17) is 0 Å². The quantitative estimate of drug-likeness (QED) is 0.806. The molecule has 5 heteroatoms. The van der Waals surface area contributed by atoms with Crippen molar-refractivity contribution in [2.45, 2.75) is 25.5 Å². The zero-order chi connectivity index (χ0) is 10.6. The van der Waals surface area contributed by atoms with E-state index in [9.17, 15) is 4.79 Å². The first-order valence-electron chi connectivity index (χ1n) is 4.40. The minimum Gasteiger partial charge on any atom is -0.323 e. The molecule has 0 unspecified atom stereocenters. The molecule has 0 aromatic carbocycles. The van der Waals surface area contributed by atoms with E-state index in [-0.39, 0.29) is 10.7 Å². The molecule has 0 aliphatic heterocycles. The van der Waals surface area contributed by atoms with Gasteiger partial charge in [0, 0.05) is 10.9 Å². The molecule has 0 saturated carbocycles. The van der Waals surface area contributed by atoms with E-state index < -0.39 is 0 Å². The van der Waals surface area contributed by atoms with Crippen molar-refractivity contribution in [2.24, 2.45) is 0 Å². The second-order valence-electron chi connectivity index (χ2n) is 3.94. The number of anilines is 1. The molecule has 0 aliphatic rings. The van der Waals surface area contributed by atoms with Crippen LogP contribution < -0.4 is 5.32 Å². The van der Waals surface area contributed by atoms with Gasteiger partial charge in [-0.1, -0.05) is 20.8 Å². The van der Waals surface area contributed by atoms with Crippen molar-refractivity contribution in [3.05, 3.63) is 12.4 Å². The molecule has 0 atom stereocenters. The van der Waals surface area contributed by atoms with Crippen LogP contribution in [0.25, 0.3) is 0 Å². The van der Waals surface area contributed by atoms with E-state index in [0.717, 1.165) is 0 Å². The Bertz CT molecular complexity index is 290. The number of nitrogens with zero attached hydrogens (tertiary/aromatic N) is 1. The molecule has 1 amide bonds. The Labute approximate surface area is 87.9 Å². The number of nitrogens with one attached hydrogen (secondary N) is 2. The average Bonchev–Trinajstić information content (AvgIpc) is 2.52. The van der Waals surface area contributed by atoms with Crippen LogP contribution in [0.2, 0.25) is 0 Å². The van der Waals surface area contributed by atoms with Gasteiger partial charge in [0.2, 0.25) is 5.91 Å². The lowest BCUT2D eigenvalue weighted by Gasteiger charge is -2.16. The Kier molecular flexibility index (Phi) is 3.57. The van der Waals surface area contributed by atoms with Gasteiger partial charge in [-0.3, -0.25) is 9.89 Å². The molecule has 4 nitrogen and oxygen atoms in total. The lowest BCUT2D eigenvalue weighted by Crippen LogP contribution is -2.18. The molecule has 0 fully saturated rings. The molecular formula is C9H15N3OS. The van der Waals surface area contributed by atoms with Gasteiger partial charge in [0.15, 0.2) is 0 Å². The molecule has 0 bridgehead atoms. The number of amides is 1. The summed E-state index contributed by atoms with van der Waals surface area (Å²) < 4.78 is 0.119. The van der Waals surface area contributed by atoms with Crippen LogP contribution in [0.15, 0.2) is 12.4 Å². The third-order valence-corrected chi connectivity index (χ3v) is 2.69. The van der Waals surface area contributed by atoms with Crippen molar-refractivity contribution >= 4 is 23.4 Å². The first kappa shape index (κ1) is 11.1. The fourth-order valence-electron chi connectivity index (χ4n) is 0.798. The minimum absolute atomic E-state index is 0.00586. The highest BCUT2D eigenvalue weighted by atomic mass is 32.2. The molecule has 0 aliphatic carbocycles. The van der Waals surface area contributed by atoms with Gasteiger partial charge in [-0.05, 0) is 0 Å². The molecule has 0 spiro atoms. The normalized spacial score (nSPS) is 11.4. The van der Waals surface area contributed by atoms with Crippen molar-refractivity contribution in [2.75, 3.05) is 11.1 Å². The largest absolute Gasteiger partial charge is 0.323 e. The zero-order valence-corrected chi connectivity index (χ0v) is 9.44. The highest BCUT2D eigenvalue weighted by Crippen LogP contribution is 2.22. The highest BCUT2D eigenvalue weighted by Gasteiger charge is 2.13. The van der Waals surface area contributed by atoms with Gasteiger partial charge in [0.05, 0.1) is 17.6 Å². The molecule has 2 N–H and O–H groups in total. The van der Waals surface area contributed by atoms with Crippen molar-refractivity contribution < 1.29 is 4.79 Å². The first-order valence-corrected chi connectivity index (χ1v) is 5.38. The number of aromatic amines is 1. The molecule has 1 aromatic heterocycles. The number of H-pyrrole nitrogens is 1. The van der Waals surface area contributed by atoms with Crippen LogP contribution in [0.1, 0.15) is 20.8 Å². The molecule has 0 saturated heterocycles. The highest BCUT2D eigenvalue weighted by molar-refractivity contribution is 8.01. The number of thioether (sulfide) groups is 1. The Balaban J connectivity index is 2.30. The first-order chi connectivity index (χ1) is 6.47. The van der Waals surface area contributed by atoms with E-state index in [2.05, 4.69) is 36.3 Å². The van der Waals surface area contributed by atoms with Crippen LogP contribution in [-0.2, 0) is 4.79 Å². The second-order valence-corrected chi connectivity index (χ2v) is 5.74. The number of hydrogen-bond acceptors (Lipinski definition) is 3. The number of hydrogen-bond donors (Lipinski definition) is 2. The predicted molar refractivity (Wildman–Crippen MR) is 59.4 cm³/mol. The number of carbonyl (C=O) groups is 1. The van der Waals surface area contributed by atoms with Crippen molar-refractivity contribution in [3.8, 4) is 0 Å². The van der Waals surface area contributed by atoms with E-state index in [1.165, 1.54) is 0 Å². The van der Waals surface area contributed by atoms with Gasteiger partial charge in [0.1, 0.15) is 0 Å². The number of carbonyl (C=O) groups excluding carboxylic acids is 1. The number of rotatable bonds is 3. The van der Waals surface area contributed by atoms with Crippen molar-refractivity contribution in [3.63, 3.8) is 0 Å². The van der Waals surface area contributed by atoms with Crippen molar-refractivity contribution in [1.82, 2.24) is 10.2 Å². The van der Waals surface area contributed by atoms with Crippen LogP contribution in [0.4, 0.5) is 5.69 Å². The van der Waals surface area contributed by atoms with Gasteiger partial charge < -0.3 is 5.32 Å². The van der Waals surface area contributed by atoms with Gasteiger partial charge in [-0.25, -0.2) is 0 Å². The summed E-state index contributed by atoms with van der Waals surface area (Å²) in [5.74, 6) is 0.473. The summed E-state index contributed by atoms with van der Waals surface area (Å²) in [6.07, 6.45) is 3.24. The van der Waals surface area contributed by atoms with E-state index in [1.54, 1.807) is 24.2 Å². The fraction of sp³-hybridized carbons (Fsp3) is 0.556. The molecular weight excluding hydrogens is 198 g/mol. The van der Waals surface area contributed by atoms with Gasteiger partial charge in [-0.15, -0.1) is 11.8 Å². The summed E-state index contributed by atoms with van der Waals surface area (Å²) in [5, 5.41) is 9.11. The van der Waals surface area contributed by atoms with Gasteiger partial charge >= 0.3 is 0 Å². The predicted octanol–water partition coefficient (Wildman–Crippen LogP) is 1.88. The molecule has 1 rings (SSSR count). The molecule has 78 valence electrons. The maximum absolute atomic E-state index is 11.4. The maximum atomic E-state index is 11.4. The lowest BCUT2D eigenvalue weighted by molar-refractivity contribution is -0.113. The Morgan fingerprint density at radius 3 is 2.86 bits per heavy atom. The van der Waals surface area contributed by atoms with Crippen molar-refractivity contribution in [1.29, 1.82) is 0 Å². The molecule has 0 radical (unpaired) electrons. The number of aromatic nitrogens is 2. The smallest absolute Gasteiger partial charge is 0.234 e. The summed E-state index contributed by atoms with van der Waals surface area (Å²) in [4.78, 5) is 11.4. The Morgan fingerprint density at radius 2 is 2.36 bits per heavy atom. The summed E-state index contributed by atoms with van der Waals surface area (Å²) in [5.41, 5.74) is 0.713. The topological polar surface area (TPSA) is 57.8 Å². The lowest BCUT2D eigenvalue weighted by atomic mass is 10.3. The van der Waals surface area contributed by atoms with Crippen LogP contribution in [-0.4, -0.2) is 26.6 Å². The fourth-order valence-corrected chi connectivity index (χ4v) is 1.43. The van der Waals surface area contributed by atoms with Crippen LogP contribution in [0.3, 0.4) is 0 Å². The summed E-state index contributed by atoms with van der Waals surface area (Å²) in [6, 6.07) is 0. The molecule has 14 heavy (non-hydrogen) atoms. The monoisotopic (exact) mass is 213 g/mol. The Hall–Kier alpha value is -0.970. The van der Waals surface area contributed by atoms with Gasteiger partial charge in [0.25, 0.3) is 0 Å². The second kappa shape index (κ2) is 4.50. The van der Waals surface area contributed by atoms with Crippen LogP contribution >= 0.6 is 11.8 Å². The minimum atomic E-state index is 0.00586. The van der Waals surface area contributed by atoms with Crippen LogP contribution in [0, 0.1) is 0 Å². The summed E-state index contributed by atoms with van der Waals surface area (Å²) >= 11 is 1.62. The SMILES string of the molecule is CC(C)(C)SCC(=O)Nc1cn[nH]c1. The third kappa shape index (κ3) is 4.32. The van der Waals surface area contributed by atoms with E-state index in [1.807, 2.05) is 0 Å². The maximum Gasteiger partial charge on any atom is 0.234 e. The average molecular weight is 213 g/mol. The van der Waals surface area contributed by atoms with Crippen LogP contribution in [0.5, 0.6) is 0 Å². The van der Waals surface area contributed by atoms with E-state index >= 15 is 0 Å². The third-order valence-electron chi connectivity index (χ3n) is 1.42.